The minimum absolute atomic E-state index is 0.0976. The van der Waals surface area contributed by atoms with Gasteiger partial charge < -0.3 is 19.7 Å². The first-order chi connectivity index (χ1) is 11.0. The van der Waals surface area contributed by atoms with Gasteiger partial charge in [0, 0.05) is 0 Å². The number of ether oxygens (including phenoxy) is 2. The number of rotatable bonds is 7. The van der Waals surface area contributed by atoms with Crippen LogP contribution in [0.3, 0.4) is 0 Å². The van der Waals surface area contributed by atoms with E-state index >= 15 is 0 Å². The van der Waals surface area contributed by atoms with E-state index in [1.54, 1.807) is 30.3 Å². The monoisotopic (exact) mass is 380 g/mol. The number of aliphatic hydroxyl groups excluding tert-OH is 1. The quantitative estimate of drug-likeness (QED) is 0.766. The Morgan fingerprint density at radius 3 is 2.61 bits per heavy atom. The number of benzene rings is 2. The van der Waals surface area contributed by atoms with E-state index in [9.17, 15) is 9.90 Å². The first-order valence-corrected chi connectivity index (χ1v) is 7.85. The molecule has 0 aromatic heterocycles. The summed E-state index contributed by atoms with van der Waals surface area (Å²) in [5.41, 5.74) is 1.66. The molecule has 2 rings (SSSR count). The fourth-order valence-corrected chi connectivity index (χ4v) is 2.67. The highest BCUT2D eigenvalue weighted by Crippen LogP contribution is 2.37. The summed E-state index contributed by atoms with van der Waals surface area (Å²) in [7, 11) is 0. The average Bonchev–Trinajstić information content (AvgIpc) is 2.54. The van der Waals surface area contributed by atoms with Crippen molar-refractivity contribution < 1.29 is 24.5 Å². The molecule has 0 heterocycles. The van der Waals surface area contributed by atoms with E-state index in [2.05, 4.69) is 15.9 Å². The van der Waals surface area contributed by atoms with Crippen molar-refractivity contribution in [3.05, 3.63) is 57.6 Å². The third kappa shape index (κ3) is 4.46. The molecule has 0 atom stereocenters. The molecule has 0 amide bonds. The van der Waals surface area contributed by atoms with Crippen LogP contribution in [0, 0.1) is 0 Å². The first-order valence-electron chi connectivity index (χ1n) is 7.06. The molecule has 23 heavy (non-hydrogen) atoms. The minimum atomic E-state index is -0.977. The summed E-state index contributed by atoms with van der Waals surface area (Å²) >= 11 is 3.41. The molecule has 0 aliphatic rings. The highest BCUT2D eigenvalue weighted by Gasteiger charge is 2.13. The van der Waals surface area contributed by atoms with Gasteiger partial charge in [-0.05, 0) is 58.2 Å². The maximum Gasteiger partial charge on any atom is 0.335 e. The van der Waals surface area contributed by atoms with Crippen molar-refractivity contribution in [2.24, 2.45) is 0 Å². The van der Waals surface area contributed by atoms with E-state index in [0.717, 1.165) is 5.56 Å². The largest absolute Gasteiger partial charge is 0.490 e. The van der Waals surface area contributed by atoms with Crippen LogP contribution in [0.5, 0.6) is 11.5 Å². The Morgan fingerprint density at radius 2 is 1.96 bits per heavy atom. The Kier molecular flexibility index (Phi) is 6.01. The molecule has 122 valence electrons. The summed E-state index contributed by atoms with van der Waals surface area (Å²) in [6.07, 6.45) is 0. The van der Waals surface area contributed by atoms with Crippen LogP contribution < -0.4 is 9.47 Å². The van der Waals surface area contributed by atoms with Crippen LogP contribution in [0.25, 0.3) is 0 Å². The second-order valence-corrected chi connectivity index (χ2v) is 5.64. The van der Waals surface area contributed by atoms with E-state index in [1.165, 1.54) is 6.07 Å². The second kappa shape index (κ2) is 7.99. The molecule has 2 aromatic rings. The van der Waals surface area contributed by atoms with E-state index in [4.69, 9.17) is 14.6 Å². The number of hydrogen-bond acceptors (Lipinski definition) is 4. The molecule has 0 unspecified atom stereocenters. The summed E-state index contributed by atoms with van der Waals surface area (Å²) in [6.45, 7) is 2.43. The zero-order valence-electron chi connectivity index (χ0n) is 12.6. The van der Waals surface area contributed by atoms with Gasteiger partial charge in [-0.1, -0.05) is 12.1 Å². The van der Waals surface area contributed by atoms with E-state index in [-0.39, 0.29) is 18.8 Å². The maximum absolute atomic E-state index is 11.0. The molecule has 6 heteroatoms. The molecule has 0 bridgehead atoms. The van der Waals surface area contributed by atoms with Crippen LogP contribution in [-0.4, -0.2) is 22.8 Å². The van der Waals surface area contributed by atoms with Crippen molar-refractivity contribution in [1.29, 1.82) is 0 Å². The van der Waals surface area contributed by atoms with Gasteiger partial charge in [-0.15, -0.1) is 0 Å². The van der Waals surface area contributed by atoms with Crippen molar-refractivity contribution in [2.45, 2.75) is 20.1 Å². The van der Waals surface area contributed by atoms with Gasteiger partial charge in [0.25, 0.3) is 0 Å². The number of carboxylic acids is 1. The molecule has 0 fully saturated rings. The zero-order chi connectivity index (χ0) is 16.8. The van der Waals surface area contributed by atoms with E-state index in [1.807, 2.05) is 6.92 Å². The number of hydrogen-bond donors (Lipinski definition) is 2. The average molecular weight is 381 g/mol. The molecule has 0 saturated carbocycles. The predicted octanol–water partition coefficient (Wildman–Crippen LogP) is 3.62. The van der Waals surface area contributed by atoms with Crippen molar-refractivity contribution in [1.82, 2.24) is 0 Å². The van der Waals surface area contributed by atoms with Crippen molar-refractivity contribution in [3.63, 3.8) is 0 Å². The number of carboxylic acid groups (broad SMARTS) is 1. The molecule has 5 nitrogen and oxygen atoms in total. The number of aliphatic hydroxyl groups is 1. The standard InChI is InChI=1S/C17H17BrO5/c1-2-22-15-8-12(9-19)7-14(18)16(15)23-10-11-4-3-5-13(6-11)17(20)21/h3-8,19H,2,9-10H2,1H3,(H,20,21). The van der Waals surface area contributed by atoms with Gasteiger partial charge in [0.15, 0.2) is 11.5 Å². The summed E-state index contributed by atoms with van der Waals surface area (Å²) in [4.78, 5) is 11.0. The molecule has 0 radical (unpaired) electrons. The van der Waals surface area contributed by atoms with Crippen molar-refractivity contribution in [2.75, 3.05) is 6.61 Å². The Bertz CT molecular complexity index is 699. The van der Waals surface area contributed by atoms with Gasteiger partial charge in [-0.25, -0.2) is 4.79 Å². The Morgan fingerprint density at radius 1 is 1.17 bits per heavy atom. The van der Waals surface area contributed by atoms with Crippen LogP contribution in [0.15, 0.2) is 40.9 Å². The normalized spacial score (nSPS) is 10.4. The molecular formula is C17H17BrO5. The SMILES string of the molecule is CCOc1cc(CO)cc(Br)c1OCc1cccc(C(=O)O)c1. The van der Waals surface area contributed by atoms with Gasteiger partial charge in [-0.2, -0.15) is 0 Å². The number of carbonyl (C=O) groups is 1. The molecule has 2 aromatic carbocycles. The van der Waals surface area contributed by atoms with Gasteiger partial charge in [0.1, 0.15) is 6.61 Å². The second-order valence-electron chi connectivity index (χ2n) is 4.79. The lowest BCUT2D eigenvalue weighted by atomic mass is 10.1. The van der Waals surface area contributed by atoms with E-state index < -0.39 is 5.97 Å². The lowest BCUT2D eigenvalue weighted by Gasteiger charge is -2.15. The van der Waals surface area contributed by atoms with Crippen LogP contribution in [0.2, 0.25) is 0 Å². The fraction of sp³-hybridized carbons (Fsp3) is 0.235. The Hall–Kier alpha value is -2.05. The highest BCUT2D eigenvalue weighted by atomic mass is 79.9. The lowest BCUT2D eigenvalue weighted by molar-refractivity contribution is 0.0696. The van der Waals surface area contributed by atoms with Crippen molar-refractivity contribution >= 4 is 21.9 Å². The smallest absolute Gasteiger partial charge is 0.335 e. The Balaban J connectivity index is 2.22. The first kappa shape index (κ1) is 17.3. The van der Waals surface area contributed by atoms with Crippen LogP contribution in [0.4, 0.5) is 0 Å². The van der Waals surface area contributed by atoms with Crippen LogP contribution in [0.1, 0.15) is 28.4 Å². The summed E-state index contributed by atoms with van der Waals surface area (Å²) < 4.78 is 12.0. The summed E-state index contributed by atoms with van der Waals surface area (Å²) in [5.74, 6) is 0.0698. The zero-order valence-corrected chi connectivity index (χ0v) is 14.2. The summed E-state index contributed by atoms with van der Waals surface area (Å²) in [5, 5.41) is 18.3. The molecular weight excluding hydrogens is 364 g/mol. The highest BCUT2D eigenvalue weighted by molar-refractivity contribution is 9.10. The van der Waals surface area contributed by atoms with Gasteiger partial charge in [0.2, 0.25) is 0 Å². The van der Waals surface area contributed by atoms with Crippen LogP contribution >= 0.6 is 15.9 Å². The third-order valence-corrected chi connectivity index (χ3v) is 3.70. The third-order valence-electron chi connectivity index (χ3n) is 3.11. The Labute approximate surface area is 142 Å². The molecule has 0 aliphatic heterocycles. The fourth-order valence-electron chi connectivity index (χ4n) is 2.07. The predicted molar refractivity (Wildman–Crippen MR) is 89.0 cm³/mol. The molecule has 0 aliphatic carbocycles. The van der Waals surface area contributed by atoms with Gasteiger partial charge >= 0.3 is 5.97 Å². The molecule has 0 saturated heterocycles. The lowest BCUT2D eigenvalue weighted by Crippen LogP contribution is -2.03. The number of aromatic carboxylic acids is 1. The van der Waals surface area contributed by atoms with Gasteiger partial charge in [0.05, 0.1) is 23.2 Å². The van der Waals surface area contributed by atoms with E-state index in [0.29, 0.717) is 28.1 Å². The molecule has 2 N–H and O–H groups in total. The molecule has 0 spiro atoms. The van der Waals surface area contributed by atoms with Crippen LogP contribution in [-0.2, 0) is 13.2 Å². The maximum atomic E-state index is 11.0. The van der Waals surface area contributed by atoms with Gasteiger partial charge in [-0.3, -0.25) is 0 Å². The van der Waals surface area contributed by atoms with Crippen molar-refractivity contribution in [3.8, 4) is 11.5 Å². The summed E-state index contributed by atoms with van der Waals surface area (Å²) in [6, 6.07) is 10.0. The number of halogens is 1. The topological polar surface area (TPSA) is 76.0 Å². The minimum Gasteiger partial charge on any atom is -0.490 e.